The Labute approximate surface area is 130 Å². The average molecular weight is 306 g/mol. The van der Waals surface area contributed by atoms with Crippen LogP contribution in [0.5, 0.6) is 5.75 Å². The molecule has 2 N–H and O–H groups in total. The van der Waals surface area contributed by atoms with Gasteiger partial charge in [0.25, 0.3) is 0 Å². The summed E-state index contributed by atoms with van der Waals surface area (Å²) < 4.78 is 5.07. The zero-order chi connectivity index (χ0) is 16.1. The van der Waals surface area contributed by atoms with Crippen molar-refractivity contribution in [2.45, 2.75) is 19.4 Å². The summed E-state index contributed by atoms with van der Waals surface area (Å²) in [6, 6.07) is 5.24. The number of nitrogens with one attached hydrogen (secondary N) is 1. The number of methoxy groups -OCH3 is 1. The van der Waals surface area contributed by atoms with Crippen LogP contribution in [0.3, 0.4) is 0 Å². The van der Waals surface area contributed by atoms with Crippen molar-refractivity contribution in [2.75, 3.05) is 27.2 Å². The van der Waals surface area contributed by atoms with Gasteiger partial charge in [-0.2, -0.15) is 0 Å². The number of benzene rings is 1. The maximum absolute atomic E-state index is 11.4. The molecule has 1 fully saturated rings. The largest absolute Gasteiger partial charge is 0.496 e. The van der Waals surface area contributed by atoms with Gasteiger partial charge in [-0.05, 0) is 36.6 Å². The van der Waals surface area contributed by atoms with E-state index in [1.807, 2.05) is 6.07 Å². The molecule has 6 heteroatoms. The van der Waals surface area contributed by atoms with E-state index in [1.54, 1.807) is 19.2 Å². The lowest BCUT2D eigenvalue weighted by Crippen LogP contribution is -2.24. The van der Waals surface area contributed by atoms with Crippen molar-refractivity contribution in [2.24, 2.45) is 5.92 Å². The molecule has 1 aliphatic rings. The third-order valence-electron chi connectivity index (χ3n) is 4.02. The molecule has 0 aliphatic carbocycles. The minimum absolute atomic E-state index is 0.0736. The molecule has 0 bridgehead atoms. The van der Waals surface area contributed by atoms with Gasteiger partial charge in [-0.25, -0.2) is 4.79 Å². The molecule has 0 radical (unpaired) electrons. The van der Waals surface area contributed by atoms with Crippen molar-refractivity contribution in [3.8, 4) is 5.75 Å². The molecule has 0 saturated carbocycles. The van der Waals surface area contributed by atoms with Crippen LogP contribution in [-0.4, -0.2) is 49.1 Å². The number of carbonyl (C=O) groups excluding carboxylic acids is 1. The first-order valence-electron chi connectivity index (χ1n) is 7.36. The first-order valence-corrected chi connectivity index (χ1v) is 7.36. The monoisotopic (exact) mass is 306 g/mol. The van der Waals surface area contributed by atoms with Gasteiger partial charge in [-0.3, -0.25) is 9.69 Å². The standard InChI is InChI=1S/C16H22N2O4/c1-17-15(19)8-12-5-6-18(10-12)9-11-3-4-14(22-2)13(7-11)16(20)21/h3-4,7,12H,5-6,8-10H2,1-2H3,(H,17,19)(H,20,21)/t12-/m1/s1. The van der Waals surface area contributed by atoms with Crippen molar-refractivity contribution >= 4 is 11.9 Å². The molecule has 1 heterocycles. The highest BCUT2D eigenvalue weighted by atomic mass is 16.5. The number of hydrogen-bond donors (Lipinski definition) is 2. The fraction of sp³-hybridized carbons (Fsp3) is 0.500. The third-order valence-corrected chi connectivity index (χ3v) is 4.02. The summed E-state index contributed by atoms with van der Waals surface area (Å²) in [6.07, 6.45) is 1.55. The fourth-order valence-corrected chi connectivity index (χ4v) is 2.87. The Hall–Kier alpha value is -2.08. The van der Waals surface area contributed by atoms with Crippen LogP contribution >= 0.6 is 0 Å². The second kappa shape index (κ2) is 7.26. The quantitative estimate of drug-likeness (QED) is 0.829. The van der Waals surface area contributed by atoms with Gasteiger partial charge in [0.2, 0.25) is 5.91 Å². The van der Waals surface area contributed by atoms with Crippen LogP contribution in [0.1, 0.15) is 28.8 Å². The second-order valence-electron chi connectivity index (χ2n) is 5.61. The molecule has 120 valence electrons. The number of amides is 1. The van der Waals surface area contributed by atoms with Gasteiger partial charge in [0.1, 0.15) is 11.3 Å². The van der Waals surface area contributed by atoms with Gasteiger partial charge >= 0.3 is 5.97 Å². The summed E-state index contributed by atoms with van der Waals surface area (Å²) >= 11 is 0. The molecule has 1 amide bonds. The Morgan fingerprint density at radius 2 is 2.23 bits per heavy atom. The van der Waals surface area contributed by atoms with E-state index in [9.17, 15) is 14.7 Å². The molecule has 6 nitrogen and oxygen atoms in total. The zero-order valence-electron chi connectivity index (χ0n) is 13.0. The van der Waals surface area contributed by atoms with Gasteiger partial charge in [0, 0.05) is 26.6 Å². The zero-order valence-corrected chi connectivity index (χ0v) is 13.0. The van der Waals surface area contributed by atoms with Crippen LogP contribution in [0.2, 0.25) is 0 Å². The summed E-state index contributed by atoms with van der Waals surface area (Å²) in [5.74, 6) is -0.172. The number of nitrogens with zero attached hydrogens (tertiary/aromatic N) is 1. The topological polar surface area (TPSA) is 78.9 Å². The van der Waals surface area contributed by atoms with E-state index in [4.69, 9.17) is 4.74 Å². The Morgan fingerprint density at radius 3 is 2.86 bits per heavy atom. The van der Waals surface area contributed by atoms with Crippen LogP contribution in [-0.2, 0) is 11.3 Å². The lowest BCUT2D eigenvalue weighted by Gasteiger charge is -2.17. The highest BCUT2D eigenvalue weighted by molar-refractivity contribution is 5.91. The Balaban J connectivity index is 1.98. The summed E-state index contributed by atoms with van der Waals surface area (Å²) in [6.45, 7) is 2.48. The van der Waals surface area contributed by atoms with Crippen LogP contribution in [0.4, 0.5) is 0 Å². The molecule has 2 rings (SSSR count). The van der Waals surface area contributed by atoms with Gasteiger partial charge < -0.3 is 15.2 Å². The highest BCUT2D eigenvalue weighted by Crippen LogP contribution is 2.24. The second-order valence-corrected chi connectivity index (χ2v) is 5.61. The maximum Gasteiger partial charge on any atom is 0.339 e. The molecule has 1 aromatic carbocycles. The minimum Gasteiger partial charge on any atom is -0.496 e. The fourth-order valence-electron chi connectivity index (χ4n) is 2.87. The van der Waals surface area contributed by atoms with Crippen LogP contribution < -0.4 is 10.1 Å². The first kappa shape index (κ1) is 16.3. The highest BCUT2D eigenvalue weighted by Gasteiger charge is 2.24. The number of carboxylic acids is 1. The Kier molecular flexibility index (Phi) is 5.38. The van der Waals surface area contributed by atoms with Gasteiger partial charge in [0.05, 0.1) is 7.11 Å². The summed E-state index contributed by atoms with van der Waals surface area (Å²) in [4.78, 5) is 24.9. The third kappa shape index (κ3) is 3.98. The van der Waals surface area contributed by atoms with E-state index >= 15 is 0 Å². The molecular weight excluding hydrogens is 284 g/mol. The van der Waals surface area contributed by atoms with E-state index in [2.05, 4.69) is 10.2 Å². The van der Waals surface area contributed by atoms with Crippen LogP contribution in [0, 0.1) is 5.92 Å². The molecule has 1 saturated heterocycles. The van der Waals surface area contributed by atoms with Crippen LogP contribution in [0.15, 0.2) is 18.2 Å². The number of carboxylic acid groups (broad SMARTS) is 1. The van der Waals surface area contributed by atoms with Crippen LogP contribution in [0.25, 0.3) is 0 Å². The van der Waals surface area contributed by atoms with E-state index < -0.39 is 5.97 Å². The lowest BCUT2D eigenvalue weighted by atomic mass is 10.0. The maximum atomic E-state index is 11.4. The first-order chi connectivity index (χ1) is 10.5. The number of aromatic carboxylic acids is 1. The normalized spacial score (nSPS) is 18.2. The van der Waals surface area contributed by atoms with Crippen molar-refractivity contribution in [3.63, 3.8) is 0 Å². The molecule has 0 aromatic heterocycles. The summed E-state index contributed by atoms with van der Waals surface area (Å²) in [7, 11) is 3.12. The minimum atomic E-state index is -0.988. The SMILES string of the molecule is CNC(=O)C[C@H]1CCN(Cc2ccc(OC)c(C(=O)O)c2)C1. The van der Waals surface area contributed by atoms with E-state index in [1.165, 1.54) is 7.11 Å². The van der Waals surface area contributed by atoms with Crippen molar-refractivity contribution in [3.05, 3.63) is 29.3 Å². The van der Waals surface area contributed by atoms with E-state index in [0.29, 0.717) is 24.6 Å². The molecule has 0 unspecified atom stereocenters. The predicted octanol–water partition coefficient (Wildman–Crippen LogP) is 1.35. The Morgan fingerprint density at radius 1 is 1.45 bits per heavy atom. The molecule has 22 heavy (non-hydrogen) atoms. The van der Waals surface area contributed by atoms with Crippen molar-refractivity contribution < 1.29 is 19.4 Å². The summed E-state index contributed by atoms with van der Waals surface area (Å²) in [5.41, 5.74) is 1.12. The van der Waals surface area contributed by atoms with Gasteiger partial charge in [-0.15, -0.1) is 0 Å². The average Bonchev–Trinajstić information content (AvgIpc) is 2.93. The number of carbonyl (C=O) groups is 2. The number of rotatable bonds is 6. The summed E-state index contributed by atoms with van der Waals surface area (Å²) in [5, 5.41) is 11.9. The molecule has 1 atom stereocenters. The smallest absolute Gasteiger partial charge is 0.339 e. The number of likely N-dealkylation sites (tertiary alicyclic amines) is 1. The molecule has 1 aromatic rings. The predicted molar refractivity (Wildman–Crippen MR) is 82.0 cm³/mol. The van der Waals surface area contributed by atoms with Crippen molar-refractivity contribution in [1.29, 1.82) is 0 Å². The Bertz CT molecular complexity index is 559. The molecule has 1 aliphatic heterocycles. The van der Waals surface area contributed by atoms with Gasteiger partial charge in [-0.1, -0.05) is 6.07 Å². The van der Waals surface area contributed by atoms with E-state index in [-0.39, 0.29) is 11.5 Å². The number of hydrogen-bond acceptors (Lipinski definition) is 4. The van der Waals surface area contributed by atoms with Crippen molar-refractivity contribution in [1.82, 2.24) is 10.2 Å². The lowest BCUT2D eigenvalue weighted by molar-refractivity contribution is -0.121. The molecular formula is C16H22N2O4. The van der Waals surface area contributed by atoms with Gasteiger partial charge in [0.15, 0.2) is 0 Å². The number of ether oxygens (including phenoxy) is 1. The molecule has 0 spiro atoms. The van der Waals surface area contributed by atoms with E-state index in [0.717, 1.165) is 25.1 Å².